The Morgan fingerprint density at radius 2 is 1.73 bits per heavy atom. The molecule has 0 unspecified atom stereocenters. The van der Waals surface area contributed by atoms with E-state index in [-0.39, 0.29) is 11.0 Å². The van der Waals surface area contributed by atoms with Gasteiger partial charge in [0.25, 0.3) is 0 Å². The number of hydrogen-bond acceptors (Lipinski definition) is 5. The van der Waals surface area contributed by atoms with E-state index in [1.807, 2.05) is 56.3 Å². The van der Waals surface area contributed by atoms with Gasteiger partial charge in [0, 0.05) is 17.7 Å². The zero-order chi connectivity index (χ0) is 21.8. The number of ether oxygens (including phenoxy) is 1. The molecule has 5 nitrogen and oxygen atoms in total. The molecule has 0 radical (unpaired) electrons. The zero-order valence-corrected chi connectivity index (χ0v) is 19.3. The van der Waals surface area contributed by atoms with Gasteiger partial charge in [0.1, 0.15) is 5.75 Å². The van der Waals surface area contributed by atoms with Crippen molar-refractivity contribution in [1.29, 1.82) is 0 Å². The molecule has 3 rings (SSSR count). The Labute approximate surface area is 182 Å². The van der Waals surface area contributed by atoms with E-state index in [2.05, 4.69) is 35.5 Å². The van der Waals surface area contributed by atoms with Crippen molar-refractivity contribution in [3.63, 3.8) is 0 Å². The van der Waals surface area contributed by atoms with Crippen LogP contribution < -0.4 is 4.74 Å². The van der Waals surface area contributed by atoms with Gasteiger partial charge in [-0.25, -0.2) is 0 Å². The van der Waals surface area contributed by atoms with Crippen LogP contribution in [-0.4, -0.2) is 32.9 Å². The SMILES string of the molecule is COc1ccc(-c2nnc(S[C@H](C)C(=O)c3ccc(C)c(C)c3)n2CC(C)C)cc1. The van der Waals surface area contributed by atoms with Crippen LogP contribution in [0.4, 0.5) is 0 Å². The minimum atomic E-state index is -0.258. The van der Waals surface area contributed by atoms with E-state index < -0.39 is 0 Å². The Kier molecular flexibility index (Phi) is 6.98. The zero-order valence-electron chi connectivity index (χ0n) is 18.5. The van der Waals surface area contributed by atoms with E-state index >= 15 is 0 Å². The van der Waals surface area contributed by atoms with E-state index in [0.29, 0.717) is 5.92 Å². The summed E-state index contributed by atoms with van der Waals surface area (Å²) in [4.78, 5) is 13.0. The van der Waals surface area contributed by atoms with Crippen LogP contribution in [0.1, 0.15) is 42.3 Å². The summed E-state index contributed by atoms with van der Waals surface area (Å²) in [5.74, 6) is 2.13. The third-order valence-electron chi connectivity index (χ3n) is 5.06. The molecule has 6 heteroatoms. The fraction of sp³-hybridized carbons (Fsp3) is 0.375. The molecule has 0 aliphatic rings. The maximum Gasteiger partial charge on any atom is 0.192 e. The topological polar surface area (TPSA) is 57.0 Å². The number of aromatic nitrogens is 3. The minimum absolute atomic E-state index is 0.105. The molecular formula is C24H29N3O2S. The fourth-order valence-electron chi connectivity index (χ4n) is 3.20. The first-order chi connectivity index (χ1) is 14.3. The molecule has 0 N–H and O–H groups in total. The highest BCUT2D eigenvalue weighted by molar-refractivity contribution is 8.00. The van der Waals surface area contributed by atoms with Crippen molar-refractivity contribution in [2.45, 2.75) is 51.6 Å². The Morgan fingerprint density at radius 3 is 2.33 bits per heavy atom. The second-order valence-corrected chi connectivity index (χ2v) is 9.27. The number of benzene rings is 2. The van der Waals surface area contributed by atoms with Crippen LogP contribution in [-0.2, 0) is 6.54 Å². The highest BCUT2D eigenvalue weighted by atomic mass is 32.2. The molecular weight excluding hydrogens is 394 g/mol. The molecule has 30 heavy (non-hydrogen) atoms. The predicted molar refractivity (Wildman–Crippen MR) is 122 cm³/mol. The van der Waals surface area contributed by atoms with Gasteiger partial charge >= 0.3 is 0 Å². The van der Waals surface area contributed by atoms with Gasteiger partial charge in [-0.3, -0.25) is 4.79 Å². The van der Waals surface area contributed by atoms with E-state index in [1.54, 1.807) is 7.11 Å². The maximum atomic E-state index is 13.0. The van der Waals surface area contributed by atoms with Crippen LogP contribution in [0.15, 0.2) is 47.6 Å². The molecule has 0 aliphatic carbocycles. The Balaban J connectivity index is 1.88. The van der Waals surface area contributed by atoms with Crippen LogP contribution in [0.25, 0.3) is 11.4 Å². The largest absolute Gasteiger partial charge is 0.497 e. The van der Waals surface area contributed by atoms with Crippen LogP contribution in [0, 0.1) is 19.8 Å². The summed E-state index contributed by atoms with van der Waals surface area (Å²) >= 11 is 1.46. The molecule has 0 aliphatic heterocycles. The van der Waals surface area contributed by atoms with Crippen molar-refractivity contribution in [2.24, 2.45) is 5.92 Å². The van der Waals surface area contributed by atoms with E-state index in [4.69, 9.17) is 4.74 Å². The van der Waals surface area contributed by atoms with Crippen LogP contribution >= 0.6 is 11.8 Å². The molecule has 1 heterocycles. The van der Waals surface area contributed by atoms with Crippen LogP contribution in [0.5, 0.6) is 5.75 Å². The van der Waals surface area contributed by atoms with Gasteiger partial charge < -0.3 is 9.30 Å². The first-order valence-electron chi connectivity index (χ1n) is 10.2. The number of nitrogens with zero attached hydrogens (tertiary/aromatic N) is 3. The summed E-state index contributed by atoms with van der Waals surface area (Å²) < 4.78 is 7.37. The molecule has 0 saturated heterocycles. The first kappa shape index (κ1) is 22.1. The number of aryl methyl sites for hydroxylation is 2. The highest BCUT2D eigenvalue weighted by Crippen LogP contribution is 2.30. The van der Waals surface area contributed by atoms with Crippen molar-refractivity contribution >= 4 is 17.5 Å². The molecule has 0 fully saturated rings. The number of ketones is 1. The van der Waals surface area contributed by atoms with Crippen molar-refractivity contribution in [1.82, 2.24) is 14.8 Å². The monoisotopic (exact) mass is 423 g/mol. The fourth-order valence-corrected chi connectivity index (χ4v) is 4.14. The molecule has 1 aromatic heterocycles. The van der Waals surface area contributed by atoms with Crippen molar-refractivity contribution in [2.75, 3.05) is 7.11 Å². The molecule has 0 saturated carbocycles. The van der Waals surface area contributed by atoms with Crippen molar-refractivity contribution < 1.29 is 9.53 Å². The van der Waals surface area contributed by atoms with Gasteiger partial charge in [-0.15, -0.1) is 10.2 Å². The molecule has 0 amide bonds. The summed E-state index contributed by atoms with van der Waals surface area (Å²) in [6.45, 7) is 11.1. The smallest absolute Gasteiger partial charge is 0.192 e. The number of methoxy groups -OCH3 is 1. The van der Waals surface area contributed by atoms with Crippen LogP contribution in [0.2, 0.25) is 0 Å². The van der Waals surface area contributed by atoms with E-state index in [0.717, 1.165) is 40.0 Å². The number of Topliss-reactive ketones (excluding diaryl/α,β-unsaturated/α-hetero) is 1. The molecule has 158 valence electrons. The summed E-state index contributed by atoms with van der Waals surface area (Å²) in [5.41, 5.74) is 4.03. The Bertz CT molecular complexity index is 1030. The lowest BCUT2D eigenvalue weighted by Crippen LogP contribution is -2.16. The lowest BCUT2D eigenvalue weighted by molar-refractivity contribution is 0.0993. The minimum Gasteiger partial charge on any atom is -0.497 e. The highest BCUT2D eigenvalue weighted by Gasteiger charge is 2.22. The van der Waals surface area contributed by atoms with Gasteiger partial charge in [0.15, 0.2) is 16.8 Å². The van der Waals surface area contributed by atoms with Crippen molar-refractivity contribution in [3.05, 3.63) is 59.2 Å². The number of carbonyl (C=O) groups is 1. The van der Waals surface area contributed by atoms with Gasteiger partial charge in [-0.2, -0.15) is 0 Å². The van der Waals surface area contributed by atoms with Crippen LogP contribution in [0.3, 0.4) is 0 Å². The number of rotatable bonds is 8. The summed E-state index contributed by atoms with van der Waals surface area (Å²) in [6.07, 6.45) is 0. The second-order valence-electron chi connectivity index (χ2n) is 7.96. The van der Waals surface area contributed by atoms with Gasteiger partial charge in [-0.1, -0.05) is 37.7 Å². The number of hydrogen-bond donors (Lipinski definition) is 0. The molecule has 0 bridgehead atoms. The lowest BCUT2D eigenvalue weighted by Gasteiger charge is -2.15. The average molecular weight is 424 g/mol. The third kappa shape index (κ3) is 4.93. The predicted octanol–water partition coefficient (Wildman–Crippen LogP) is 5.59. The number of thioether (sulfide) groups is 1. The first-order valence-corrected chi connectivity index (χ1v) is 11.0. The average Bonchev–Trinajstić information content (AvgIpc) is 3.11. The van der Waals surface area contributed by atoms with Gasteiger partial charge in [0.2, 0.25) is 0 Å². The third-order valence-corrected chi connectivity index (χ3v) is 6.14. The summed E-state index contributed by atoms with van der Waals surface area (Å²) in [6, 6.07) is 13.7. The van der Waals surface area contributed by atoms with E-state index in [9.17, 15) is 4.79 Å². The summed E-state index contributed by atoms with van der Waals surface area (Å²) in [7, 11) is 1.65. The molecule has 3 aromatic rings. The van der Waals surface area contributed by atoms with Gasteiger partial charge in [0.05, 0.1) is 12.4 Å². The standard InChI is InChI=1S/C24H29N3O2S/c1-15(2)14-27-23(19-9-11-21(29-6)12-10-19)25-26-24(27)30-18(5)22(28)20-8-7-16(3)17(4)13-20/h7-13,15,18H,14H2,1-6H3/t18-/m1/s1. The quantitative estimate of drug-likeness (QED) is 0.349. The number of carbonyl (C=O) groups excluding carboxylic acids is 1. The molecule has 0 spiro atoms. The normalized spacial score (nSPS) is 12.2. The maximum absolute atomic E-state index is 13.0. The van der Waals surface area contributed by atoms with E-state index in [1.165, 1.54) is 17.3 Å². The molecule has 2 aromatic carbocycles. The Morgan fingerprint density at radius 1 is 1.03 bits per heavy atom. The van der Waals surface area contributed by atoms with Crippen molar-refractivity contribution in [3.8, 4) is 17.1 Å². The second kappa shape index (κ2) is 9.47. The lowest BCUT2D eigenvalue weighted by atomic mass is 10.0. The Hall–Kier alpha value is -2.60. The summed E-state index contributed by atoms with van der Waals surface area (Å²) in [5, 5.41) is 9.38. The van der Waals surface area contributed by atoms with Gasteiger partial charge in [-0.05, 0) is 68.1 Å². The molecule has 1 atom stereocenters.